The lowest BCUT2D eigenvalue weighted by molar-refractivity contribution is 0.0600. The molecule has 0 unspecified atom stereocenters. The number of carbonyl (C=O) groups excluding carboxylic acids is 1. The van der Waals surface area contributed by atoms with Crippen molar-refractivity contribution in [2.75, 3.05) is 13.4 Å². The summed E-state index contributed by atoms with van der Waals surface area (Å²) < 4.78 is 32.6. The molecule has 2 rings (SSSR count). The molecule has 1 heterocycles. The van der Waals surface area contributed by atoms with Gasteiger partial charge in [0.05, 0.1) is 18.9 Å². The van der Waals surface area contributed by atoms with Crippen LogP contribution in [0.1, 0.15) is 17.8 Å². The van der Waals surface area contributed by atoms with Crippen molar-refractivity contribution in [3.8, 4) is 17.2 Å². The molecule has 0 spiro atoms. The fraction of sp³-hybridized carbons (Fsp3) is 0.200. The molecule has 1 aromatic heterocycles. The molecule has 0 amide bonds. The highest BCUT2D eigenvalue weighted by Gasteiger charge is 2.11. The minimum absolute atomic E-state index is 0. The van der Waals surface area contributed by atoms with Gasteiger partial charge in [-0.1, -0.05) is 7.43 Å². The van der Waals surface area contributed by atoms with Crippen LogP contribution >= 0.6 is 0 Å². The van der Waals surface area contributed by atoms with Gasteiger partial charge in [-0.3, -0.25) is 0 Å². The summed E-state index contributed by atoms with van der Waals surface area (Å²) in [5.74, 6) is -0.340. The smallest absolute Gasteiger partial charge is 0.338 e. The molecule has 23 heavy (non-hydrogen) atoms. The molecular formula is C15H17NO6S. The number of phenols is 1. The van der Waals surface area contributed by atoms with Gasteiger partial charge in [-0.25, -0.2) is 18.2 Å². The summed E-state index contributed by atoms with van der Waals surface area (Å²) in [5.41, 5.74) is 0.123. The Morgan fingerprint density at radius 1 is 1.17 bits per heavy atom. The molecule has 124 valence electrons. The molecule has 1 N–H and O–H groups in total. The summed E-state index contributed by atoms with van der Waals surface area (Å²) in [6.07, 6.45) is 2.28. The molecule has 0 aliphatic rings. The van der Waals surface area contributed by atoms with Crippen LogP contribution in [-0.4, -0.2) is 37.8 Å². The topological polar surface area (TPSA) is 103 Å². The lowest BCUT2D eigenvalue weighted by Crippen LogP contribution is -2.01. The van der Waals surface area contributed by atoms with E-state index in [0.29, 0.717) is 0 Å². The molecule has 0 aliphatic heterocycles. The van der Waals surface area contributed by atoms with Crippen LogP contribution in [0, 0.1) is 0 Å². The zero-order valence-corrected chi connectivity index (χ0v) is 12.6. The quantitative estimate of drug-likeness (QED) is 0.853. The van der Waals surface area contributed by atoms with Gasteiger partial charge in [-0.2, -0.15) is 0 Å². The van der Waals surface area contributed by atoms with E-state index in [1.165, 1.54) is 43.6 Å². The molecule has 0 aliphatic carbocycles. The largest absolute Gasteiger partial charge is 0.508 e. The number of carbonyl (C=O) groups is 1. The third-order valence-electron chi connectivity index (χ3n) is 2.64. The molecule has 0 radical (unpaired) electrons. The van der Waals surface area contributed by atoms with E-state index in [9.17, 15) is 18.3 Å². The number of ether oxygens (including phenoxy) is 2. The molecule has 0 saturated carbocycles. The van der Waals surface area contributed by atoms with Crippen LogP contribution in [0.3, 0.4) is 0 Å². The van der Waals surface area contributed by atoms with Gasteiger partial charge in [0.2, 0.25) is 0 Å². The standard InChI is InChI=1S/C14H13NO6S.CH4/c1-20-14(17)9-5-10(16)7-12(6-9)21-11-3-4-13(15-8-11)22(2,18)19;/h3-8,16H,1-2H3;1H4. The number of phenolic OH excluding ortho intramolecular Hbond substituents is 1. The van der Waals surface area contributed by atoms with Crippen molar-refractivity contribution in [1.29, 1.82) is 0 Å². The first-order valence-corrected chi connectivity index (χ1v) is 7.95. The summed E-state index contributed by atoms with van der Waals surface area (Å²) in [6, 6.07) is 6.65. The lowest BCUT2D eigenvalue weighted by Gasteiger charge is -2.08. The zero-order chi connectivity index (χ0) is 16.3. The Balaban J connectivity index is 0.00000264. The van der Waals surface area contributed by atoms with Crippen molar-refractivity contribution < 1.29 is 27.8 Å². The van der Waals surface area contributed by atoms with Gasteiger partial charge in [-0.15, -0.1) is 0 Å². The monoisotopic (exact) mass is 339 g/mol. The Labute approximate surface area is 134 Å². The van der Waals surface area contributed by atoms with Gasteiger partial charge in [0, 0.05) is 12.3 Å². The third kappa shape index (κ3) is 4.68. The molecule has 1 aromatic carbocycles. The summed E-state index contributed by atoms with van der Waals surface area (Å²) in [5, 5.41) is 9.51. The van der Waals surface area contributed by atoms with Crippen molar-refractivity contribution in [3.63, 3.8) is 0 Å². The van der Waals surface area contributed by atoms with E-state index in [4.69, 9.17) is 4.74 Å². The molecule has 7 nitrogen and oxygen atoms in total. The minimum Gasteiger partial charge on any atom is -0.508 e. The number of pyridine rings is 1. The maximum absolute atomic E-state index is 11.5. The Hall–Kier alpha value is -2.61. The van der Waals surface area contributed by atoms with Gasteiger partial charge < -0.3 is 14.6 Å². The van der Waals surface area contributed by atoms with Crippen molar-refractivity contribution in [2.45, 2.75) is 12.5 Å². The molecule has 0 atom stereocenters. The van der Waals surface area contributed by atoms with Crippen molar-refractivity contribution in [1.82, 2.24) is 4.98 Å². The maximum Gasteiger partial charge on any atom is 0.338 e. The fourth-order valence-electron chi connectivity index (χ4n) is 1.66. The van der Waals surface area contributed by atoms with Crippen LogP contribution in [-0.2, 0) is 14.6 Å². The van der Waals surface area contributed by atoms with Crippen LogP contribution in [0.5, 0.6) is 17.2 Å². The number of nitrogens with zero attached hydrogens (tertiary/aromatic N) is 1. The van der Waals surface area contributed by atoms with Crippen molar-refractivity contribution >= 4 is 15.8 Å². The van der Waals surface area contributed by atoms with Gasteiger partial charge in [-0.05, 0) is 24.3 Å². The summed E-state index contributed by atoms with van der Waals surface area (Å²) in [4.78, 5) is 15.2. The SMILES string of the molecule is C.COC(=O)c1cc(O)cc(Oc2ccc(S(C)(=O)=O)nc2)c1. The van der Waals surface area contributed by atoms with Crippen LogP contribution in [0.2, 0.25) is 0 Å². The Morgan fingerprint density at radius 3 is 2.39 bits per heavy atom. The average Bonchev–Trinajstić information content (AvgIpc) is 2.45. The van der Waals surface area contributed by atoms with Crippen LogP contribution < -0.4 is 4.74 Å². The van der Waals surface area contributed by atoms with Crippen LogP contribution in [0.15, 0.2) is 41.6 Å². The van der Waals surface area contributed by atoms with Crippen LogP contribution in [0.25, 0.3) is 0 Å². The summed E-state index contributed by atoms with van der Waals surface area (Å²) >= 11 is 0. The molecule has 0 fully saturated rings. The van der Waals surface area contributed by atoms with Gasteiger partial charge >= 0.3 is 5.97 Å². The average molecular weight is 339 g/mol. The molecule has 8 heteroatoms. The van der Waals surface area contributed by atoms with E-state index < -0.39 is 15.8 Å². The van der Waals surface area contributed by atoms with Crippen molar-refractivity contribution in [2.24, 2.45) is 0 Å². The second-order valence-electron chi connectivity index (χ2n) is 4.41. The Kier molecular flexibility index (Phi) is 5.69. The van der Waals surface area contributed by atoms with Gasteiger partial charge in [0.1, 0.15) is 17.2 Å². The van der Waals surface area contributed by atoms with Crippen LogP contribution in [0.4, 0.5) is 0 Å². The number of esters is 1. The molecule has 2 aromatic rings. The third-order valence-corrected chi connectivity index (χ3v) is 3.64. The Bertz CT molecular complexity index is 799. The predicted octanol–water partition coefficient (Wildman–Crippen LogP) is 2.41. The van der Waals surface area contributed by atoms with E-state index in [1.54, 1.807) is 0 Å². The number of sulfone groups is 1. The molecular weight excluding hydrogens is 322 g/mol. The maximum atomic E-state index is 11.5. The van der Waals surface area contributed by atoms with Crippen molar-refractivity contribution in [3.05, 3.63) is 42.1 Å². The number of aromatic hydroxyl groups is 1. The highest BCUT2D eigenvalue weighted by atomic mass is 32.2. The molecule has 0 bridgehead atoms. The van der Waals surface area contributed by atoms with Gasteiger partial charge in [0.25, 0.3) is 0 Å². The van der Waals surface area contributed by atoms with E-state index in [-0.39, 0.29) is 35.3 Å². The van der Waals surface area contributed by atoms with E-state index in [0.717, 1.165) is 6.26 Å². The second-order valence-corrected chi connectivity index (χ2v) is 6.38. The first-order chi connectivity index (χ1) is 10.3. The number of benzene rings is 1. The number of hydrogen-bond acceptors (Lipinski definition) is 7. The predicted molar refractivity (Wildman–Crippen MR) is 83.6 cm³/mol. The second kappa shape index (κ2) is 7.10. The fourth-order valence-corrected chi connectivity index (χ4v) is 2.22. The minimum atomic E-state index is -3.39. The zero-order valence-electron chi connectivity index (χ0n) is 11.8. The summed E-state index contributed by atoms with van der Waals surface area (Å²) in [7, 11) is -2.17. The van der Waals surface area contributed by atoms with E-state index in [1.807, 2.05) is 0 Å². The first kappa shape index (κ1) is 18.4. The molecule has 0 saturated heterocycles. The summed E-state index contributed by atoms with van der Waals surface area (Å²) in [6.45, 7) is 0. The van der Waals surface area contributed by atoms with E-state index >= 15 is 0 Å². The number of aromatic nitrogens is 1. The lowest BCUT2D eigenvalue weighted by atomic mass is 10.2. The number of hydrogen-bond donors (Lipinski definition) is 1. The first-order valence-electron chi connectivity index (χ1n) is 6.06. The highest BCUT2D eigenvalue weighted by Crippen LogP contribution is 2.27. The number of methoxy groups -OCH3 is 1. The highest BCUT2D eigenvalue weighted by molar-refractivity contribution is 7.90. The number of rotatable bonds is 4. The van der Waals surface area contributed by atoms with E-state index in [2.05, 4.69) is 9.72 Å². The Morgan fingerprint density at radius 2 is 1.87 bits per heavy atom. The van der Waals surface area contributed by atoms with Gasteiger partial charge in [0.15, 0.2) is 14.9 Å². The normalized spacial score (nSPS) is 10.5.